The van der Waals surface area contributed by atoms with Gasteiger partial charge in [-0.15, -0.1) is 0 Å². The summed E-state index contributed by atoms with van der Waals surface area (Å²) in [6, 6.07) is 11.5. The van der Waals surface area contributed by atoms with E-state index >= 15 is 0 Å². The molecule has 6 nitrogen and oxygen atoms in total. The predicted molar refractivity (Wildman–Crippen MR) is 132 cm³/mol. The molecule has 2 aromatic carbocycles. The first-order valence-electron chi connectivity index (χ1n) is 11.3. The van der Waals surface area contributed by atoms with Crippen molar-refractivity contribution in [3.05, 3.63) is 64.9 Å². The van der Waals surface area contributed by atoms with Gasteiger partial charge in [0.15, 0.2) is 0 Å². The SMILES string of the molecule is CN1CCC(COc2ccc(-c3ncc(C(F)(F)F)[nH]3)cc2NC(=O)C#Cc2cccc(Cl)c2)CC1. The van der Waals surface area contributed by atoms with Crippen LogP contribution in [0.3, 0.4) is 0 Å². The summed E-state index contributed by atoms with van der Waals surface area (Å²) in [6.45, 7) is 2.43. The Balaban J connectivity index is 1.56. The number of rotatable bonds is 5. The maximum atomic E-state index is 13.0. The summed E-state index contributed by atoms with van der Waals surface area (Å²) in [4.78, 5) is 21.0. The van der Waals surface area contributed by atoms with E-state index in [1.165, 1.54) is 6.07 Å². The van der Waals surface area contributed by atoms with Crippen LogP contribution in [0.15, 0.2) is 48.7 Å². The number of likely N-dealkylation sites (tertiary alicyclic amines) is 1. The fraction of sp³-hybridized carbons (Fsp3) is 0.308. The summed E-state index contributed by atoms with van der Waals surface area (Å²) in [5.41, 5.74) is 0.254. The van der Waals surface area contributed by atoms with Crippen molar-refractivity contribution in [2.75, 3.05) is 32.1 Å². The molecule has 0 aliphatic carbocycles. The second kappa shape index (κ2) is 11.1. The molecule has 1 aromatic heterocycles. The minimum Gasteiger partial charge on any atom is -0.491 e. The number of carbonyl (C=O) groups is 1. The lowest BCUT2D eigenvalue weighted by Gasteiger charge is -2.29. The maximum absolute atomic E-state index is 13.0. The molecule has 3 aromatic rings. The van der Waals surface area contributed by atoms with Crippen molar-refractivity contribution >= 4 is 23.2 Å². The van der Waals surface area contributed by atoms with Crippen LogP contribution in [0.2, 0.25) is 5.02 Å². The lowest BCUT2D eigenvalue weighted by Crippen LogP contribution is -2.32. The van der Waals surface area contributed by atoms with Crippen molar-refractivity contribution in [1.82, 2.24) is 14.9 Å². The minimum atomic E-state index is -4.55. The van der Waals surface area contributed by atoms with Crippen LogP contribution >= 0.6 is 11.6 Å². The van der Waals surface area contributed by atoms with Crippen LogP contribution in [-0.2, 0) is 11.0 Å². The van der Waals surface area contributed by atoms with Crippen molar-refractivity contribution in [3.63, 3.8) is 0 Å². The second-order valence-corrected chi connectivity index (χ2v) is 9.06. The van der Waals surface area contributed by atoms with Crippen molar-refractivity contribution in [2.24, 2.45) is 5.92 Å². The number of nitrogens with zero attached hydrogens (tertiary/aromatic N) is 2. The average Bonchev–Trinajstić information content (AvgIpc) is 3.34. The summed E-state index contributed by atoms with van der Waals surface area (Å²) in [6.07, 6.45) is -1.83. The third-order valence-electron chi connectivity index (χ3n) is 5.84. The largest absolute Gasteiger partial charge is 0.491 e. The average molecular weight is 517 g/mol. The zero-order valence-corrected chi connectivity index (χ0v) is 20.2. The number of aromatic nitrogens is 2. The van der Waals surface area contributed by atoms with E-state index in [0.29, 0.717) is 34.4 Å². The lowest BCUT2D eigenvalue weighted by molar-refractivity contribution is -0.140. The van der Waals surface area contributed by atoms with Crippen molar-refractivity contribution < 1.29 is 22.7 Å². The van der Waals surface area contributed by atoms with E-state index in [4.69, 9.17) is 16.3 Å². The second-order valence-electron chi connectivity index (χ2n) is 8.63. The van der Waals surface area contributed by atoms with Gasteiger partial charge in [0, 0.05) is 22.1 Å². The molecular weight excluding hydrogens is 493 g/mol. The van der Waals surface area contributed by atoms with Gasteiger partial charge in [0.1, 0.15) is 17.3 Å². The third kappa shape index (κ3) is 6.80. The van der Waals surface area contributed by atoms with E-state index in [2.05, 4.69) is 39.1 Å². The van der Waals surface area contributed by atoms with Gasteiger partial charge in [-0.05, 0) is 75.3 Å². The van der Waals surface area contributed by atoms with E-state index in [1.807, 2.05) is 0 Å². The fourth-order valence-corrected chi connectivity index (χ4v) is 3.99. The number of nitrogens with one attached hydrogen (secondary N) is 2. The van der Waals surface area contributed by atoms with E-state index < -0.39 is 17.8 Å². The van der Waals surface area contributed by atoms with E-state index in [0.717, 1.165) is 32.1 Å². The number of alkyl halides is 3. The Labute approximate surface area is 211 Å². The number of halogens is 4. The highest BCUT2D eigenvalue weighted by atomic mass is 35.5. The number of hydrogen-bond acceptors (Lipinski definition) is 4. The number of ether oxygens (including phenoxy) is 1. The van der Waals surface area contributed by atoms with Crippen LogP contribution < -0.4 is 10.1 Å². The van der Waals surface area contributed by atoms with Gasteiger partial charge < -0.3 is 19.9 Å². The summed E-state index contributed by atoms with van der Waals surface area (Å²) in [5, 5.41) is 3.19. The Morgan fingerprint density at radius 2 is 2.03 bits per heavy atom. The lowest BCUT2D eigenvalue weighted by atomic mass is 9.98. The molecule has 36 heavy (non-hydrogen) atoms. The van der Waals surface area contributed by atoms with Crippen molar-refractivity contribution in [2.45, 2.75) is 19.0 Å². The summed E-state index contributed by atoms with van der Waals surface area (Å²) < 4.78 is 45.1. The van der Waals surface area contributed by atoms with Crippen LogP contribution in [0.25, 0.3) is 11.4 Å². The zero-order chi connectivity index (χ0) is 25.7. The van der Waals surface area contributed by atoms with Crippen LogP contribution in [0, 0.1) is 17.8 Å². The summed E-state index contributed by atoms with van der Waals surface area (Å²) in [5.74, 6) is 5.43. The highest BCUT2D eigenvalue weighted by Gasteiger charge is 2.33. The first-order valence-corrected chi connectivity index (χ1v) is 11.7. The molecule has 1 fully saturated rings. The Kier molecular flexibility index (Phi) is 7.87. The van der Waals surface area contributed by atoms with Crippen LogP contribution in [0.5, 0.6) is 5.75 Å². The summed E-state index contributed by atoms with van der Waals surface area (Å²) in [7, 11) is 2.08. The number of carbonyl (C=O) groups excluding carboxylic acids is 1. The molecule has 1 aliphatic heterocycles. The van der Waals surface area contributed by atoms with Crippen LogP contribution in [0.4, 0.5) is 18.9 Å². The number of amides is 1. The molecular formula is C26H24ClF3N4O2. The molecule has 1 aliphatic rings. The molecule has 0 spiro atoms. The molecule has 2 N–H and O–H groups in total. The number of aromatic amines is 1. The first kappa shape index (κ1) is 25.6. The highest BCUT2D eigenvalue weighted by molar-refractivity contribution is 6.30. The quantitative estimate of drug-likeness (QED) is 0.442. The van der Waals surface area contributed by atoms with Gasteiger partial charge >= 0.3 is 12.1 Å². The normalized spacial score (nSPS) is 14.7. The number of hydrogen-bond donors (Lipinski definition) is 2. The number of piperidine rings is 1. The molecule has 0 radical (unpaired) electrons. The highest BCUT2D eigenvalue weighted by Crippen LogP contribution is 2.33. The fourth-order valence-electron chi connectivity index (χ4n) is 3.80. The van der Waals surface area contributed by atoms with E-state index in [1.54, 1.807) is 36.4 Å². The number of imidazole rings is 1. The van der Waals surface area contributed by atoms with Gasteiger partial charge in [-0.1, -0.05) is 23.6 Å². The Bertz CT molecular complexity index is 1290. The number of benzene rings is 2. The van der Waals surface area contributed by atoms with Crippen molar-refractivity contribution in [1.29, 1.82) is 0 Å². The van der Waals surface area contributed by atoms with Gasteiger partial charge in [0.05, 0.1) is 18.5 Å². The van der Waals surface area contributed by atoms with Gasteiger partial charge in [-0.3, -0.25) is 4.79 Å². The number of anilines is 1. The van der Waals surface area contributed by atoms with Crippen LogP contribution in [-0.4, -0.2) is 47.5 Å². The molecule has 188 valence electrons. The van der Waals surface area contributed by atoms with Gasteiger partial charge in [0.25, 0.3) is 0 Å². The monoisotopic (exact) mass is 516 g/mol. The van der Waals surface area contributed by atoms with E-state index in [9.17, 15) is 18.0 Å². The van der Waals surface area contributed by atoms with Gasteiger partial charge in [-0.2, -0.15) is 13.2 Å². The summed E-state index contributed by atoms with van der Waals surface area (Å²) >= 11 is 5.96. The minimum absolute atomic E-state index is 0.0182. The molecule has 0 bridgehead atoms. The van der Waals surface area contributed by atoms with Gasteiger partial charge in [-0.25, -0.2) is 4.98 Å². The number of H-pyrrole nitrogens is 1. The molecule has 0 saturated carbocycles. The topological polar surface area (TPSA) is 70.2 Å². The molecule has 0 atom stereocenters. The van der Waals surface area contributed by atoms with Crippen molar-refractivity contribution in [3.8, 4) is 29.0 Å². The molecule has 2 heterocycles. The Morgan fingerprint density at radius 1 is 1.25 bits per heavy atom. The van der Waals surface area contributed by atoms with E-state index in [-0.39, 0.29) is 11.5 Å². The maximum Gasteiger partial charge on any atom is 0.432 e. The third-order valence-corrected chi connectivity index (χ3v) is 6.08. The molecule has 10 heteroatoms. The Hall–Kier alpha value is -3.48. The van der Waals surface area contributed by atoms with Gasteiger partial charge in [0.2, 0.25) is 0 Å². The Morgan fingerprint density at radius 3 is 2.72 bits per heavy atom. The predicted octanol–water partition coefficient (Wildman–Crippen LogP) is 5.46. The molecule has 4 rings (SSSR count). The molecule has 1 amide bonds. The van der Waals surface area contributed by atoms with Crippen LogP contribution in [0.1, 0.15) is 24.1 Å². The zero-order valence-electron chi connectivity index (χ0n) is 19.5. The molecule has 1 saturated heterocycles. The molecule has 0 unspecified atom stereocenters. The standard InChI is InChI=1S/C26H24ClF3N4O2/c1-34-11-9-18(10-12-34)16-36-22-7-6-19(25-31-15-23(33-25)26(28,29)30)14-21(22)32-24(35)8-5-17-3-2-4-20(27)13-17/h2-4,6-7,13-15,18H,9-12,16H2,1H3,(H,31,33)(H,32,35). The smallest absolute Gasteiger partial charge is 0.432 e. The first-order chi connectivity index (χ1) is 17.2.